The number of anilines is 1. The molecule has 0 aromatic heterocycles. The van der Waals surface area contributed by atoms with E-state index >= 15 is 0 Å². The molecular weight excluding hydrogens is 375 g/mol. The van der Waals surface area contributed by atoms with Gasteiger partial charge >= 0.3 is 5.97 Å². The molecule has 0 aliphatic carbocycles. The van der Waals surface area contributed by atoms with Crippen molar-refractivity contribution in [3.63, 3.8) is 0 Å². The predicted molar refractivity (Wildman–Crippen MR) is 102 cm³/mol. The topological polar surface area (TPSA) is 78.4 Å². The summed E-state index contributed by atoms with van der Waals surface area (Å²) in [5, 5.41) is 16.0. The number of aryl methyl sites for hydroxylation is 1. The number of nitrogens with one attached hydrogen (secondary N) is 2. The van der Waals surface area contributed by atoms with E-state index in [1.807, 2.05) is 31.2 Å². The Bertz CT molecular complexity index is 870. The summed E-state index contributed by atoms with van der Waals surface area (Å²) in [4.78, 5) is 24.0. The van der Waals surface area contributed by atoms with Crippen LogP contribution in [0.4, 0.5) is 5.69 Å². The summed E-state index contributed by atoms with van der Waals surface area (Å²) in [6.07, 6.45) is 0.415. The first-order valence-electron chi connectivity index (χ1n) is 8.17. The summed E-state index contributed by atoms with van der Waals surface area (Å²) in [5.41, 5.74) is 3.15. The number of halogens is 2. The molecule has 136 valence electrons. The van der Waals surface area contributed by atoms with Gasteiger partial charge in [-0.3, -0.25) is 4.79 Å². The maximum atomic E-state index is 12.5. The standard InChI is InChI=1S/C19H18Cl2N2O3/c1-10-4-2-3-5-11(10)6-17(24)23-15-9-16(19(25)26)22-14-8-12(20)7-13(21)18(14)15/h2-5,7-8,15-16,22H,6,9H2,1H3,(H,23,24)(H,25,26)/t15-,16+/m0/s1. The fourth-order valence-electron chi connectivity index (χ4n) is 3.18. The normalized spacial score (nSPS) is 18.6. The molecule has 26 heavy (non-hydrogen) atoms. The van der Waals surface area contributed by atoms with Gasteiger partial charge in [-0.25, -0.2) is 4.79 Å². The van der Waals surface area contributed by atoms with Crippen LogP contribution in [0.2, 0.25) is 10.0 Å². The van der Waals surface area contributed by atoms with Crippen molar-refractivity contribution in [3.05, 3.63) is 63.1 Å². The van der Waals surface area contributed by atoms with Gasteiger partial charge < -0.3 is 15.7 Å². The van der Waals surface area contributed by atoms with Crippen LogP contribution < -0.4 is 10.6 Å². The summed E-state index contributed by atoms with van der Waals surface area (Å²) in [5.74, 6) is -1.18. The van der Waals surface area contributed by atoms with Crippen LogP contribution in [0.1, 0.15) is 29.2 Å². The Morgan fingerprint density at radius 3 is 2.69 bits per heavy atom. The third-order valence-corrected chi connectivity index (χ3v) is 5.02. The molecule has 1 aliphatic heterocycles. The molecule has 0 saturated heterocycles. The number of rotatable bonds is 4. The van der Waals surface area contributed by atoms with Crippen molar-refractivity contribution in [2.24, 2.45) is 0 Å². The van der Waals surface area contributed by atoms with Crippen LogP contribution >= 0.6 is 23.2 Å². The summed E-state index contributed by atoms with van der Waals surface area (Å²) < 4.78 is 0. The van der Waals surface area contributed by atoms with Crippen LogP contribution in [-0.4, -0.2) is 23.0 Å². The second-order valence-electron chi connectivity index (χ2n) is 6.34. The number of fused-ring (bicyclic) bond motifs is 1. The molecule has 2 aromatic rings. The van der Waals surface area contributed by atoms with Crippen molar-refractivity contribution in [3.8, 4) is 0 Å². The second-order valence-corrected chi connectivity index (χ2v) is 7.19. The molecule has 0 spiro atoms. The SMILES string of the molecule is Cc1ccccc1CC(=O)N[C@H]1C[C@H](C(=O)O)Nc2cc(Cl)cc(Cl)c21. The van der Waals surface area contributed by atoms with Gasteiger partial charge in [0.25, 0.3) is 0 Å². The van der Waals surface area contributed by atoms with Crippen molar-refractivity contribution < 1.29 is 14.7 Å². The van der Waals surface area contributed by atoms with Gasteiger partial charge in [-0.1, -0.05) is 47.5 Å². The van der Waals surface area contributed by atoms with Crippen LogP contribution in [0.25, 0.3) is 0 Å². The fourth-order valence-corrected chi connectivity index (χ4v) is 3.80. The minimum Gasteiger partial charge on any atom is -0.480 e. The molecule has 1 aliphatic rings. The van der Waals surface area contributed by atoms with E-state index in [0.29, 0.717) is 21.3 Å². The highest BCUT2D eigenvalue weighted by Gasteiger charge is 2.33. The van der Waals surface area contributed by atoms with E-state index in [0.717, 1.165) is 11.1 Å². The number of hydrogen-bond acceptors (Lipinski definition) is 3. The molecule has 2 aromatic carbocycles. The Morgan fingerprint density at radius 1 is 1.27 bits per heavy atom. The molecule has 0 radical (unpaired) electrons. The first kappa shape index (κ1) is 18.5. The smallest absolute Gasteiger partial charge is 0.326 e. The monoisotopic (exact) mass is 392 g/mol. The number of hydrogen-bond donors (Lipinski definition) is 3. The molecule has 0 unspecified atom stereocenters. The largest absolute Gasteiger partial charge is 0.480 e. The molecule has 2 atom stereocenters. The zero-order valence-corrected chi connectivity index (χ0v) is 15.6. The molecule has 0 saturated carbocycles. The Morgan fingerprint density at radius 2 is 2.00 bits per heavy atom. The van der Waals surface area contributed by atoms with Gasteiger partial charge in [0.15, 0.2) is 0 Å². The van der Waals surface area contributed by atoms with Crippen LogP contribution in [0, 0.1) is 6.92 Å². The molecule has 7 heteroatoms. The van der Waals surface area contributed by atoms with Crippen molar-refractivity contribution in [1.29, 1.82) is 0 Å². The van der Waals surface area contributed by atoms with E-state index in [9.17, 15) is 14.7 Å². The lowest BCUT2D eigenvalue weighted by molar-refractivity contribution is -0.138. The zero-order chi connectivity index (χ0) is 18.8. The fraction of sp³-hybridized carbons (Fsp3) is 0.263. The van der Waals surface area contributed by atoms with Gasteiger partial charge in [-0.15, -0.1) is 0 Å². The van der Waals surface area contributed by atoms with Crippen LogP contribution in [-0.2, 0) is 16.0 Å². The number of carboxylic acids is 1. The Labute approximate surface area is 161 Å². The van der Waals surface area contributed by atoms with E-state index in [1.54, 1.807) is 12.1 Å². The number of aliphatic carboxylic acids is 1. The Kier molecular flexibility index (Phi) is 5.39. The highest BCUT2D eigenvalue weighted by atomic mass is 35.5. The maximum absolute atomic E-state index is 12.5. The average Bonchev–Trinajstić information content (AvgIpc) is 2.55. The minimum absolute atomic E-state index is 0.188. The Balaban J connectivity index is 1.85. The molecule has 0 bridgehead atoms. The highest BCUT2D eigenvalue weighted by Crippen LogP contribution is 2.39. The van der Waals surface area contributed by atoms with Gasteiger partial charge in [0, 0.05) is 27.7 Å². The van der Waals surface area contributed by atoms with Crippen molar-refractivity contribution >= 4 is 40.8 Å². The predicted octanol–water partition coefficient (Wildman–Crippen LogP) is 3.97. The van der Waals surface area contributed by atoms with Gasteiger partial charge in [0.1, 0.15) is 6.04 Å². The number of benzene rings is 2. The quantitative estimate of drug-likeness (QED) is 0.735. The van der Waals surface area contributed by atoms with Crippen LogP contribution in [0.3, 0.4) is 0 Å². The van der Waals surface area contributed by atoms with E-state index < -0.39 is 18.1 Å². The second kappa shape index (κ2) is 7.56. The van der Waals surface area contributed by atoms with E-state index in [-0.39, 0.29) is 18.7 Å². The van der Waals surface area contributed by atoms with Crippen molar-refractivity contribution in [2.75, 3.05) is 5.32 Å². The molecule has 0 fully saturated rings. The van der Waals surface area contributed by atoms with E-state index in [2.05, 4.69) is 10.6 Å². The zero-order valence-electron chi connectivity index (χ0n) is 14.1. The van der Waals surface area contributed by atoms with Crippen LogP contribution in [0.15, 0.2) is 36.4 Å². The van der Waals surface area contributed by atoms with E-state index in [4.69, 9.17) is 23.2 Å². The lowest BCUT2D eigenvalue weighted by Gasteiger charge is -2.32. The maximum Gasteiger partial charge on any atom is 0.326 e. The minimum atomic E-state index is -0.995. The highest BCUT2D eigenvalue weighted by molar-refractivity contribution is 6.35. The van der Waals surface area contributed by atoms with Crippen LogP contribution in [0.5, 0.6) is 0 Å². The van der Waals surface area contributed by atoms with Crippen molar-refractivity contribution in [1.82, 2.24) is 5.32 Å². The molecule has 1 amide bonds. The average molecular weight is 393 g/mol. The van der Waals surface area contributed by atoms with Gasteiger partial charge in [-0.2, -0.15) is 0 Å². The van der Waals surface area contributed by atoms with Gasteiger partial charge in [0.2, 0.25) is 5.91 Å². The molecule has 5 nitrogen and oxygen atoms in total. The number of carboxylic acid groups (broad SMARTS) is 1. The molecule has 3 rings (SSSR count). The molecule has 3 N–H and O–H groups in total. The number of carbonyl (C=O) groups is 2. The van der Waals surface area contributed by atoms with Gasteiger partial charge in [0.05, 0.1) is 12.5 Å². The summed E-state index contributed by atoms with van der Waals surface area (Å²) in [6, 6.07) is 9.52. The molecular formula is C19H18Cl2N2O3. The first-order valence-corrected chi connectivity index (χ1v) is 8.93. The lowest BCUT2D eigenvalue weighted by atomic mass is 9.92. The lowest BCUT2D eigenvalue weighted by Crippen LogP contribution is -2.41. The summed E-state index contributed by atoms with van der Waals surface area (Å²) in [7, 11) is 0. The van der Waals surface area contributed by atoms with E-state index in [1.165, 1.54) is 0 Å². The van der Waals surface area contributed by atoms with Gasteiger partial charge in [-0.05, 0) is 30.2 Å². The number of carbonyl (C=O) groups excluding carboxylic acids is 1. The third-order valence-electron chi connectivity index (χ3n) is 4.49. The number of amides is 1. The molecule has 1 heterocycles. The third kappa shape index (κ3) is 3.94. The summed E-state index contributed by atoms with van der Waals surface area (Å²) >= 11 is 12.3. The summed E-state index contributed by atoms with van der Waals surface area (Å²) in [6.45, 7) is 1.95. The first-order chi connectivity index (χ1) is 12.3. The Hall–Kier alpha value is -2.24. The van der Waals surface area contributed by atoms with Crippen molar-refractivity contribution in [2.45, 2.75) is 31.8 Å².